The van der Waals surface area contributed by atoms with Gasteiger partial charge in [-0.05, 0) is 36.7 Å². The molecule has 0 atom stereocenters. The summed E-state index contributed by atoms with van der Waals surface area (Å²) in [6.07, 6.45) is 2.34. The summed E-state index contributed by atoms with van der Waals surface area (Å²) in [6, 6.07) is 9.95. The highest BCUT2D eigenvalue weighted by molar-refractivity contribution is 8.01. The first-order valence-corrected chi connectivity index (χ1v) is 8.37. The highest BCUT2D eigenvalue weighted by Crippen LogP contribution is 2.40. The molecule has 2 heterocycles. The highest BCUT2D eigenvalue weighted by Gasteiger charge is 2.27. The normalized spacial score (nSPS) is 14.8. The first-order valence-electron chi connectivity index (χ1n) is 6.36. The topological polar surface area (TPSA) is 38.7 Å². The van der Waals surface area contributed by atoms with Crippen molar-refractivity contribution in [3.05, 3.63) is 41.3 Å². The molecule has 1 aliphatic rings. The van der Waals surface area contributed by atoms with Gasteiger partial charge in [-0.25, -0.2) is 15.0 Å². The number of aromatic nitrogens is 3. The van der Waals surface area contributed by atoms with Crippen LogP contribution < -0.4 is 0 Å². The van der Waals surface area contributed by atoms with Gasteiger partial charge in [-0.15, -0.1) is 11.3 Å². The Kier molecular flexibility index (Phi) is 3.13. The molecule has 100 valence electrons. The monoisotopic (exact) mass is 319 g/mol. The molecule has 3 aromatic rings. The fourth-order valence-corrected chi connectivity index (χ4v) is 4.25. The first kappa shape index (κ1) is 12.6. The lowest BCUT2D eigenvalue weighted by molar-refractivity contribution is 0.878. The minimum Gasteiger partial charge on any atom is -0.229 e. The Labute approximate surface area is 129 Å². The van der Waals surface area contributed by atoms with Crippen molar-refractivity contribution in [1.29, 1.82) is 0 Å². The summed E-state index contributed by atoms with van der Waals surface area (Å²) < 4.78 is 2.18. The molecule has 0 radical (unpaired) electrons. The lowest BCUT2D eigenvalue weighted by atomic mass is 10.3. The summed E-state index contributed by atoms with van der Waals surface area (Å²) in [5, 5.41) is 1.40. The third kappa shape index (κ3) is 2.53. The maximum absolute atomic E-state index is 6.09. The van der Waals surface area contributed by atoms with Crippen molar-refractivity contribution in [2.75, 3.05) is 0 Å². The molecule has 1 saturated carbocycles. The van der Waals surface area contributed by atoms with Gasteiger partial charge in [0.15, 0.2) is 4.34 Å². The van der Waals surface area contributed by atoms with Crippen LogP contribution in [0.1, 0.15) is 24.6 Å². The summed E-state index contributed by atoms with van der Waals surface area (Å²) >= 11 is 9.32. The number of para-hydroxylation sites is 1. The number of hydrogen-bond acceptors (Lipinski definition) is 5. The quantitative estimate of drug-likeness (QED) is 0.652. The molecule has 6 heteroatoms. The molecule has 1 fully saturated rings. The SMILES string of the molecule is Clc1cc(Sc2nc3ccccc3s2)nc(C2CC2)n1. The van der Waals surface area contributed by atoms with E-state index in [1.54, 1.807) is 23.1 Å². The zero-order chi connectivity index (χ0) is 13.5. The zero-order valence-electron chi connectivity index (χ0n) is 10.4. The lowest BCUT2D eigenvalue weighted by Gasteiger charge is -2.01. The molecule has 0 unspecified atom stereocenters. The van der Waals surface area contributed by atoms with E-state index in [2.05, 4.69) is 21.0 Å². The first-order chi connectivity index (χ1) is 9.78. The van der Waals surface area contributed by atoms with Crippen LogP contribution in [0.5, 0.6) is 0 Å². The van der Waals surface area contributed by atoms with E-state index in [0.29, 0.717) is 11.1 Å². The summed E-state index contributed by atoms with van der Waals surface area (Å²) in [6.45, 7) is 0. The molecule has 0 N–H and O–H groups in total. The standard InChI is InChI=1S/C14H10ClN3S2/c15-11-7-12(18-13(17-11)8-5-6-8)20-14-16-9-3-1-2-4-10(9)19-14/h1-4,7-8H,5-6H2. The summed E-state index contributed by atoms with van der Waals surface area (Å²) in [4.78, 5) is 13.5. The molecule has 20 heavy (non-hydrogen) atoms. The number of thiazole rings is 1. The minimum atomic E-state index is 0.503. The number of nitrogens with zero attached hydrogens (tertiary/aromatic N) is 3. The van der Waals surface area contributed by atoms with E-state index in [4.69, 9.17) is 11.6 Å². The van der Waals surface area contributed by atoms with Crippen LogP contribution in [0, 0.1) is 0 Å². The van der Waals surface area contributed by atoms with Crippen molar-refractivity contribution < 1.29 is 0 Å². The highest BCUT2D eigenvalue weighted by atomic mass is 35.5. The van der Waals surface area contributed by atoms with Gasteiger partial charge in [-0.3, -0.25) is 0 Å². The largest absolute Gasteiger partial charge is 0.229 e. The number of halogens is 1. The van der Waals surface area contributed by atoms with Crippen molar-refractivity contribution in [2.24, 2.45) is 0 Å². The van der Waals surface area contributed by atoms with Gasteiger partial charge in [0.05, 0.1) is 10.2 Å². The number of rotatable bonds is 3. The molecule has 3 nitrogen and oxygen atoms in total. The Hall–Kier alpha value is -1.17. The van der Waals surface area contributed by atoms with Gasteiger partial charge in [-0.2, -0.15) is 0 Å². The average Bonchev–Trinajstić information content (AvgIpc) is 3.19. The van der Waals surface area contributed by atoms with Crippen molar-refractivity contribution in [1.82, 2.24) is 15.0 Å². The predicted molar refractivity (Wildman–Crippen MR) is 82.8 cm³/mol. The van der Waals surface area contributed by atoms with E-state index in [1.807, 2.05) is 24.3 Å². The summed E-state index contributed by atoms with van der Waals surface area (Å²) in [5.41, 5.74) is 1.03. The van der Waals surface area contributed by atoms with Crippen LogP contribution in [0.4, 0.5) is 0 Å². The van der Waals surface area contributed by atoms with Gasteiger partial charge in [0.25, 0.3) is 0 Å². The Morgan fingerprint density at radius 3 is 2.80 bits per heavy atom. The Morgan fingerprint density at radius 2 is 2.00 bits per heavy atom. The molecular formula is C14H10ClN3S2. The summed E-state index contributed by atoms with van der Waals surface area (Å²) in [7, 11) is 0. The van der Waals surface area contributed by atoms with Crippen LogP contribution in [0.15, 0.2) is 39.7 Å². The van der Waals surface area contributed by atoms with Gasteiger partial charge < -0.3 is 0 Å². The fourth-order valence-electron chi connectivity index (χ4n) is 1.97. The van der Waals surface area contributed by atoms with Crippen LogP contribution in [0.2, 0.25) is 5.15 Å². The predicted octanol–water partition coefficient (Wildman–Crippen LogP) is 4.77. The average molecular weight is 320 g/mol. The molecule has 0 bridgehead atoms. The van der Waals surface area contributed by atoms with Crippen LogP contribution in [0.25, 0.3) is 10.2 Å². The van der Waals surface area contributed by atoms with Gasteiger partial charge >= 0.3 is 0 Å². The van der Waals surface area contributed by atoms with E-state index in [9.17, 15) is 0 Å². The van der Waals surface area contributed by atoms with Gasteiger partial charge in [-0.1, -0.05) is 23.7 Å². The van der Waals surface area contributed by atoms with E-state index in [1.165, 1.54) is 17.5 Å². The van der Waals surface area contributed by atoms with E-state index in [-0.39, 0.29) is 0 Å². The molecule has 4 rings (SSSR count). The Morgan fingerprint density at radius 1 is 1.15 bits per heavy atom. The Balaban J connectivity index is 1.67. The van der Waals surface area contributed by atoms with Crippen molar-refractivity contribution in [3.63, 3.8) is 0 Å². The number of hydrogen-bond donors (Lipinski definition) is 0. The molecule has 0 amide bonds. The molecule has 0 spiro atoms. The second-order valence-corrected chi connectivity index (χ2v) is 7.40. The number of fused-ring (bicyclic) bond motifs is 1. The lowest BCUT2D eigenvalue weighted by Crippen LogP contribution is -1.94. The van der Waals surface area contributed by atoms with Crippen molar-refractivity contribution >= 4 is 44.9 Å². The maximum Gasteiger partial charge on any atom is 0.157 e. The molecule has 2 aromatic heterocycles. The van der Waals surface area contributed by atoms with E-state index >= 15 is 0 Å². The molecular weight excluding hydrogens is 310 g/mol. The maximum atomic E-state index is 6.09. The number of benzene rings is 1. The third-order valence-electron chi connectivity index (χ3n) is 3.10. The molecule has 1 aromatic carbocycles. The zero-order valence-corrected chi connectivity index (χ0v) is 12.8. The van der Waals surface area contributed by atoms with E-state index in [0.717, 1.165) is 20.7 Å². The van der Waals surface area contributed by atoms with Gasteiger partial charge in [0.1, 0.15) is 16.0 Å². The van der Waals surface area contributed by atoms with E-state index < -0.39 is 0 Å². The smallest absolute Gasteiger partial charge is 0.157 e. The van der Waals surface area contributed by atoms with Gasteiger partial charge in [0, 0.05) is 12.0 Å². The second kappa shape index (κ2) is 4.98. The van der Waals surface area contributed by atoms with Gasteiger partial charge in [0.2, 0.25) is 0 Å². The second-order valence-electron chi connectivity index (χ2n) is 4.71. The van der Waals surface area contributed by atoms with Crippen LogP contribution in [-0.4, -0.2) is 15.0 Å². The van der Waals surface area contributed by atoms with Crippen LogP contribution in [-0.2, 0) is 0 Å². The third-order valence-corrected chi connectivity index (χ3v) is 5.31. The van der Waals surface area contributed by atoms with Crippen LogP contribution >= 0.6 is 34.7 Å². The minimum absolute atomic E-state index is 0.503. The van der Waals surface area contributed by atoms with Crippen LogP contribution in [0.3, 0.4) is 0 Å². The van der Waals surface area contributed by atoms with Crippen molar-refractivity contribution in [3.8, 4) is 0 Å². The van der Waals surface area contributed by atoms with Crippen molar-refractivity contribution in [2.45, 2.75) is 28.1 Å². The molecule has 0 aliphatic heterocycles. The summed E-state index contributed by atoms with van der Waals surface area (Å²) in [5.74, 6) is 1.38. The molecule has 0 saturated heterocycles. The Bertz CT molecular complexity index is 750. The molecule has 1 aliphatic carbocycles. The fraction of sp³-hybridized carbons (Fsp3) is 0.214.